The molecule has 0 saturated carbocycles. The molecule has 31 heavy (non-hydrogen) atoms. The molecule has 2 nitrogen and oxygen atoms in total. The van der Waals surface area contributed by atoms with E-state index in [0.717, 1.165) is 48.0 Å². The van der Waals surface area contributed by atoms with E-state index in [0.29, 0.717) is 11.8 Å². The highest BCUT2D eigenvalue weighted by atomic mass is 16.3. The van der Waals surface area contributed by atoms with Gasteiger partial charge in [0, 0.05) is 27.1 Å². The molecule has 0 aliphatic heterocycles. The fourth-order valence-corrected chi connectivity index (χ4v) is 5.22. The highest BCUT2D eigenvalue weighted by Gasteiger charge is 2.23. The Bertz CT molecular complexity index is 1400. The van der Waals surface area contributed by atoms with E-state index in [1.165, 1.54) is 38.2 Å². The number of furan rings is 2. The van der Waals surface area contributed by atoms with Gasteiger partial charge >= 0.3 is 0 Å². The maximum atomic E-state index is 6.55. The number of hydrogen-bond acceptors (Lipinski definition) is 2. The first-order valence-corrected chi connectivity index (χ1v) is 11.8. The van der Waals surface area contributed by atoms with Crippen molar-refractivity contribution in [2.24, 2.45) is 5.92 Å². The molecule has 2 heterocycles. The Morgan fingerprint density at radius 2 is 1.55 bits per heavy atom. The number of fused-ring (bicyclic) bond motifs is 7. The second-order valence-electron chi connectivity index (χ2n) is 9.57. The minimum atomic E-state index is 0.475. The van der Waals surface area contributed by atoms with Crippen molar-refractivity contribution in [1.29, 1.82) is 0 Å². The molecule has 5 rings (SSSR count). The molecule has 1 unspecified atom stereocenters. The summed E-state index contributed by atoms with van der Waals surface area (Å²) in [7, 11) is 0. The number of aryl methyl sites for hydroxylation is 1. The van der Waals surface area contributed by atoms with Gasteiger partial charge in [-0.1, -0.05) is 51.8 Å². The van der Waals surface area contributed by atoms with Gasteiger partial charge in [-0.2, -0.15) is 0 Å². The van der Waals surface area contributed by atoms with Crippen LogP contribution in [0.15, 0.2) is 51.3 Å². The van der Waals surface area contributed by atoms with Crippen LogP contribution in [-0.2, 0) is 6.42 Å². The number of benzene rings is 3. The van der Waals surface area contributed by atoms with Gasteiger partial charge in [0.25, 0.3) is 0 Å². The minimum absolute atomic E-state index is 0.475. The molecule has 0 radical (unpaired) electrons. The van der Waals surface area contributed by atoms with Gasteiger partial charge in [0.05, 0.1) is 0 Å². The summed E-state index contributed by atoms with van der Waals surface area (Å²) in [4.78, 5) is 0. The van der Waals surface area contributed by atoms with E-state index in [2.05, 4.69) is 77.1 Å². The average Bonchev–Trinajstić information content (AvgIpc) is 3.28. The summed E-state index contributed by atoms with van der Waals surface area (Å²) in [5.74, 6) is 1.10. The molecule has 1 atom stereocenters. The quantitative estimate of drug-likeness (QED) is 0.278. The van der Waals surface area contributed by atoms with E-state index in [4.69, 9.17) is 8.83 Å². The van der Waals surface area contributed by atoms with Crippen molar-refractivity contribution in [3.05, 3.63) is 59.2 Å². The van der Waals surface area contributed by atoms with Crippen LogP contribution in [0, 0.1) is 12.8 Å². The fourth-order valence-electron chi connectivity index (χ4n) is 5.22. The number of hydrogen-bond donors (Lipinski definition) is 0. The van der Waals surface area contributed by atoms with Gasteiger partial charge in [-0.25, -0.2) is 0 Å². The molecular formula is C29H32O2. The normalized spacial score (nSPS) is 13.4. The third kappa shape index (κ3) is 3.33. The van der Waals surface area contributed by atoms with Crippen LogP contribution < -0.4 is 0 Å². The van der Waals surface area contributed by atoms with Gasteiger partial charge in [0.15, 0.2) is 0 Å². The highest BCUT2D eigenvalue weighted by molar-refractivity contribution is 6.26. The molecule has 0 amide bonds. The summed E-state index contributed by atoms with van der Waals surface area (Å²) in [6.45, 7) is 11.2. The molecule has 2 aromatic heterocycles. The summed E-state index contributed by atoms with van der Waals surface area (Å²) in [6.07, 6.45) is 4.49. The van der Waals surface area contributed by atoms with E-state index in [9.17, 15) is 0 Å². The minimum Gasteiger partial charge on any atom is -0.456 e. The summed E-state index contributed by atoms with van der Waals surface area (Å²) in [5.41, 5.74) is 7.87. The topological polar surface area (TPSA) is 26.3 Å². The van der Waals surface area contributed by atoms with E-state index in [1.807, 2.05) is 0 Å². The van der Waals surface area contributed by atoms with Crippen LogP contribution in [-0.4, -0.2) is 0 Å². The molecule has 0 N–H and O–H groups in total. The Labute approximate surface area is 184 Å². The predicted molar refractivity (Wildman–Crippen MR) is 132 cm³/mol. The standard InChI is InChI=1S/C29H32O2/c1-6-8-20(7-2)21-16-26-27(23-15-19(13-17(3)4)10-12-24(23)30-26)28-22-14-18(5)9-11-25(22)31-29(21)28/h9-12,14-17,20H,6-8,13H2,1-5H3. The molecule has 0 fully saturated rings. The zero-order chi connectivity index (χ0) is 21.7. The maximum Gasteiger partial charge on any atom is 0.139 e. The SMILES string of the molecule is CCCC(CC)c1cc2oc3ccc(CC(C)C)cc3c2c2c1oc1ccc(C)cc12. The van der Waals surface area contributed by atoms with Gasteiger partial charge in [0.1, 0.15) is 22.3 Å². The average molecular weight is 413 g/mol. The lowest BCUT2D eigenvalue weighted by Crippen LogP contribution is -1.97. The van der Waals surface area contributed by atoms with Crippen LogP contribution in [0.25, 0.3) is 43.9 Å². The lowest BCUT2D eigenvalue weighted by atomic mass is 9.89. The zero-order valence-electron chi connectivity index (χ0n) is 19.3. The summed E-state index contributed by atoms with van der Waals surface area (Å²) in [5, 5.41) is 4.83. The fraction of sp³-hybridized carbons (Fsp3) is 0.379. The molecule has 5 aromatic rings. The van der Waals surface area contributed by atoms with Gasteiger partial charge in [-0.05, 0) is 73.9 Å². The molecule has 0 spiro atoms. The molecule has 2 heteroatoms. The second-order valence-corrected chi connectivity index (χ2v) is 9.57. The van der Waals surface area contributed by atoms with Crippen molar-refractivity contribution in [3.63, 3.8) is 0 Å². The first kappa shape index (κ1) is 20.2. The largest absolute Gasteiger partial charge is 0.456 e. The number of rotatable bonds is 6. The Morgan fingerprint density at radius 3 is 2.29 bits per heavy atom. The van der Waals surface area contributed by atoms with Crippen LogP contribution in [0.4, 0.5) is 0 Å². The van der Waals surface area contributed by atoms with Gasteiger partial charge in [-0.15, -0.1) is 0 Å². The van der Waals surface area contributed by atoms with Crippen molar-refractivity contribution in [1.82, 2.24) is 0 Å². The lowest BCUT2D eigenvalue weighted by Gasteiger charge is -2.15. The van der Waals surface area contributed by atoms with Crippen LogP contribution in [0.1, 0.15) is 69.6 Å². The van der Waals surface area contributed by atoms with Crippen molar-refractivity contribution in [2.75, 3.05) is 0 Å². The Balaban J connectivity index is 1.93. The molecule has 0 saturated heterocycles. The molecule has 160 valence electrons. The van der Waals surface area contributed by atoms with Crippen molar-refractivity contribution in [3.8, 4) is 0 Å². The smallest absolute Gasteiger partial charge is 0.139 e. The third-order valence-electron chi connectivity index (χ3n) is 6.64. The summed E-state index contributed by atoms with van der Waals surface area (Å²) < 4.78 is 13.0. The molecule has 0 aliphatic carbocycles. The molecule has 0 bridgehead atoms. The molecular weight excluding hydrogens is 380 g/mol. The van der Waals surface area contributed by atoms with E-state index in [-0.39, 0.29) is 0 Å². The van der Waals surface area contributed by atoms with Crippen LogP contribution in [0.5, 0.6) is 0 Å². The highest BCUT2D eigenvalue weighted by Crippen LogP contribution is 2.45. The van der Waals surface area contributed by atoms with Crippen LogP contribution >= 0.6 is 0 Å². The van der Waals surface area contributed by atoms with Crippen molar-refractivity contribution >= 4 is 43.9 Å². The summed E-state index contributed by atoms with van der Waals surface area (Å²) in [6, 6.07) is 15.5. The summed E-state index contributed by atoms with van der Waals surface area (Å²) >= 11 is 0. The first-order chi connectivity index (χ1) is 15.0. The van der Waals surface area contributed by atoms with E-state index >= 15 is 0 Å². The zero-order valence-corrected chi connectivity index (χ0v) is 19.3. The van der Waals surface area contributed by atoms with Crippen molar-refractivity contribution in [2.45, 2.75) is 66.2 Å². The van der Waals surface area contributed by atoms with Gasteiger partial charge < -0.3 is 8.83 Å². The monoisotopic (exact) mass is 412 g/mol. The Morgan fingerprint density at radius 1 is 0.806 bits per heavy atom. The van der Waals surface area contributed by atoms with Crippen molar-refractivity contribution < 1.29 is 8.83 Å². The van der Waals surface area contributed by atoms with Crippen LogP contribution in [0.3, 0.4) is 0 Å². The predicted octanol–water partition coefficient (Wildman–Crippen LogP) is 9.29. The van der Waals surface area contributed by atoms with Crippen LogP contribution in [0.2, 0.25) is 0 Å². The van der Waals surface area contributed by atoms with Gasteiger partial charge in [0.2, 0.25) is 0 Å². The second kappa shape index (κ2) is 7.75. The molecule has 3 aromatic carbocycles. The Kier molecular flexibility index (Phi) is 5.04. The third-order valence-corrected chi connectivity index (χ3v) is 6.64. The first-order valence-electron chi connectivity index (χ1n) is 11.8. The van der Waals surface area contributed by atoms with E-state index < -0.39 is 0 Å². The Hall–Kier alpha value is -2.74. The van der Waals surface area contributed by atoms with Gasteiger partial charge in [-0.3, -0.25) is 0 Å². The maximum absolute atomic E-state index is 6.55. The lowest BCUT2D eigenvalue weighted by molar-refractivity contribution is 0.580. The van der Waals surface area contributed by atoms with E-state index in [1.54, 1.807) is 0 Å². The molecule has 0 aliphatic rings.